The van der Waals surface area contributed by atoms with E-state index in [9.17, 15) is 4.79 Å². The summed E-state index contributed by atoms with van der Waals surface area (Å²) >= 11 is 6.13. The summed E-state index contributed by atoms with van der Waals surface area (Å²) in [5, 5.41) is 4.10. The van der Waals surface area contributed by atoms with E-state index in [0.29, 0.717) is 16.6 Å². The zero-order valence-corrected chi connectivity index (χ0v) is 14.4. The summed E-state index contributed by atoms with van der Waals surface area (Å²) in [5.41, 5.74) is 1.71. The Balaban J connectivity index is 1.44. The van der Waals surface area contributed by atoms with E-state index in [1.165, 1.54) is 0 Å². The van der Waals surface area contributed by atoms with Gasteiger partial charge >= 0.3 is 0 Å². The molecule has 126 valence electrons. The number of carbonyl (C=O) groups excluding carboxylic acids is 1. The van der Waals surface area contributed by atoms with Gasteiger partial charge in [-0.1, -0.05) is 29.8 Å². The smallest absolute Gasteiger partial charge is 0.255 e. The molecule has 1 aromatic heterocycles. The largest absolute Gasteiger partial charge is 0.338 e. The SMILES string of the molecule is O=C(c1ccccc1Cl)N1CCC(NCCc2ccccn2)CC1. The third-order valence-electron chi connectivity index (χ3n) is 4.43. The molecule has 24 heavy (non-hydrogen) atoms. The lowest BCUT2D eigenvalue weighted by Crippen LogP contribution is -2.45. The zero-order valence-electron chi connectivity index (χ0n) is 13.6. The first-order valence-corrected chi connectivity index (χ1v) is 8.79. The van der Waals surface area contributed by atoms with Crippen molar-refractivity contribution in [3.8, 4) is 0 Å². The average molecular weight is 344 g/mol. The summed E-state index contributed by atoms with van der Waals surface area (Å²) in [6.45, 7) is 2.46. The number of benzene rings is 1. The quantitative estimate of drug-likeness (QED) is 0.907. The molecule has 1 aliphatic heterocycles. The van der Waals surface area contributed by atoms with Gasteiger partial charge in [-0.05, 0) is 37.1 Å². The Labute approximate surface area is 147 Å². The summed E-state index contributed by atoms with van der Waals surface area (Å²) < 4.78 is 0. The van der Waals surface area contributed by atoms with Crippen LogP contribution in [-0.4, -0.2) is 41.5 Å². The Bertz CT molecular complexity index is 669. The van der Waals surface area contributed by atoms with Gasteiger partial charge in [-0.15, -0.1) is 0 Å². The summed E-state index contributed by atoms with van der Waals surface area (Å²) in [7, 11) is 0. The topological polar surface area (TPSA) is 45.2 Å². The number of amides is 1. The molecule has 0 spiro atoms. The fraction of sp³-hybridized carbons (Fsp3) is 0.368. The van der Waals surface area contributed by atoms with Crippen LogP contribution in [-0.2, 0) is 6.42 Å². The number of piperidine rings is 1. The summed E-state index contributed by atoms with van der Waals surface area (Å²) in [6.07, 6.45) is 4.70. The maximum absolute atomic E-state index is 12.5. The molecule has 0 radical (unpaired) electrons. The van der Waals surface area contributed by atoms with Gasteiger partial charge in [0.15, 0.2) is 0 Å². The number of hydrogen-bond acceptors (Lipinski definition) is 3. The van der Waals surface area contributed by atoms with Crippen molar-refractivity contribution in [3.63, 3.8) is 0 Å². The van der Waals surface area contributed by atoms with Gasteiger partial charge in [0.05, 0.1) is 10.6 Å². The van der Waals surface area contributed by atoms with Crippen LogP contribution in [0, 0.1) is 0 Å². The highest BCUT2D eigenvalue weighted by atomic mass is 35.5. The van der Waals surface area contributed by atoms with E-state index in [2.05, 4.69) is 10.3 Å². The maximum atomic E-state index is 12.5. The van der Waals surface area contributed by atoms with Gasteiger partial charge in [-0.2, -0.15) is 0 Å². The minimum Gasteiger partial charge on any atom is -0.338 e. The van der Waals surface area contributed by atoms with Gasteiger partial charge < -0.3 is 10.2 Å². The van der Waals surface area contributed by atoms with Gasteiger partial charge in [0.1, 0.15) is 0 Å². The maximum Gasteiger partial charge on any atom is 0.255 e. The van der Waals surface area contributed by atoms with Crippen molar-refractivity contribution in [2.75, 3.05) is 19.6 Å². The van der Waals surface area contributed by atoms with E-state index in [4.69, 9.17) is 11.6 Å². The van der Waals surface area contributed by atoms with Gasteiger partial charge in [0.2, 0.25) is 0 Å². The minimum atomic E-state index is 0.0348. The van der Waals surface area contributed by atoms with Crippen LogP contribution in [0.15, 0.2) is 48.7 Å². The second-order valence-corrected chi connectivity index (χ2v) is 6.48. The van der Waals surface area contributed by atoms with Crippen molar-refractivity contribution >= 4 is 17.5 Å². The van der Waals surface area contributed by atoms with Crippen molar-refractivity contribution in [1.82, 2.24) is 15.2 Å². The molecule has 1 saturated heterocycles. The third kappa shape index (κ3) is 4.34. The molecular formula is C19H22ClN3O. The van der Waals surface area contributed by atoms with E-state index in [1.807, 2.05) is 41.4 Å². The standard InChI is InChI=1S/C19H22ClN3O/c20-18-7-2-1-6-17(18)19(24)23-13-9-16(10-14-23)22-12-8-15-5-3-4-11-21-15/h1-7,11,16,22H,8-10,12-14H2. The molecule has 4 nitrogen and oxygen atoms in total. The van der Waals surface area contributed by atoms with Crippen LogP contribution in [0.2, 0.25) is 5.02 Å². The molecular weight excluding hydrogens is 322 g/mol. The number of nitrogens with one attached hydrogen (secondary N) is 1. The van der Waals surface area contributed by atoms with Gasteiger partial charge in [0, 0.05) is 44.0 Å². The summed E-state index contributed by atoms with van der Waals surface area (Å²) in [5.74, 6) is 0.0348. The van der Waals surface area contributed by atoms with Gasteiger partial charge in [-0.25, -0.2) is 0 Å². The van der Waals surface area contributed by atoms with Crippen LogP contribution >= 0.6 is 11.6 Å². The third-order valence-corrected chi connectivity index (χ3v) is 4.76. The molecule has 5 heteroatoms. The van der Waals surface area contributed by atoms with Crippen LogP contribution < -0.4 is 5.32 Å². The van der Waals surface area contributed by atoms with E-state index in [0.717, 1.165) is 44.6 Å². The lowest BCUT2D eigenvalue weighted by atomic mass is 10.0. The molecule has 0 saturated carbocycles. The number of likely N-dealkylation sites (tertiary alicyclic amines) is 1. The first-order chi connectivity index (χ1) is 11.7. The molecule has 1 aromatic carbocycles. The van der Waals surface area contributed by atoms with E-state index in [1.54, 1.807) is 12.1 Å². The van der Waals surface area contributed by atoms with Crippen LogP contribution in [0.4, 0.5) is 0 Å². The van der Waals surface area contributed by atoms with Crippen molar-refractivity contribution in [3.05, 3.63) is 64.9 Å². The van der Waals surface area contributed by atoms with Crippen LogP contribution in [0.25, 0.3) is 0 Å². The first kappa shape index (κ1) is 16.9. The molecule has 1 N–H and O–H groups in total. The number of nitrogens with zero attached hydrogens (tertiary/aromatic N) is 2. The molecule has 1 fully saturated rings. The highest BCUT2D eigenvalue weighted by Crippen LogP contribution is 2.20. The first-order valence-electron chi connectivity index (χ1n) is 8.41. The van der Waals surface area contributed by atoms with Crippen LogP contribution in [0.3, 0.4) is 0 Å². The Morgan fingerprint density at radius 2 is 1.92 bits per heavy atom. The summed E-state index contributed by atoms with van der Waals surface area (Å²) in [4.78, 5) is 18.8. The molecule has 3 rings (SSSR count). The predicted molar refractivity (Wildman–Crippen MR) is 96.3 cm³/mol. The average Bonchev–Trinajstić information content (AvgIpc) is 2.63. The van der Waals surface area contributed by atoms with E-state index < -0.39 is 0 Å². The number of carbonyl (C=O) groups is 1. The van der Waals surface area contributed by atoms with Crippen molar-refractivity contribution in [1.29, 1.82) is 0 Å². The summed E-state index contributed by atoms with van der Waals surface area (Å²) in [6, 6.07) is 13.7. The zero-order chi connectivity index (χ0) is 16.8. The van der Waals surface area contributed by atoms with E-state index in [-0.39, 0.29) is 5.91 Å². The molecule has 2 aromatic rings. The highest BCUT2D eigenvalue weighted by molar-refractivity contribution is 6.33. The molecule has 0 unspecified atom stereocenters. The minimum absolute atomic E-state index is 0.0348. The normalized spacial score (nSPS) is 15.5. The molecule has 0 bridgehead atoms. The number of hydrogen-bond donors (Lipinski definition) is 1. The van der Waals surface area contributed by atoms with Crippen LogP contribution in [0.5, 0.6) is 0 Å². The van der Waals surface area contributed by atoms with Crippen molar-refractivity contribution < 1.29 is 4.79 Å². The fourth-order valence-electron chi connectivity index (χ4n) is 3.04. The van der Waals surface area contributed by atoms with Crippen LogP contribution in [0.1, 0.15) is 28.9 Å². The Kier molecular flexibility index (Phi) is 5.83. The number of halogens is 1. The fourth-order valence-corrected chi connectivity index (χ4v) is 3.26. The number of rotatable bonds is 5. The van der Waals surface area contributed by atoms with E-state index >= 15 is 0 Å². The Hall–Kier alpha value is -1.91. The van der Waals surface area contributed by atoms with Gasteiger partial charge in [-0.3, -0.25) is 9.78 Å². The molecule has 0 aliphatic carbocycles. The monoisotopic (exact) mass is 343 g/mol. The van der Waals surface area contributed by atoms with Gasteiger partial charge in [0.25, 0.3) is 5.91 Å². The second kappa shape index (κ2) is 8.27. The second-order valence-electron chi connectivity index (χ2n) is 6.07. The Morgan fingerprint density at radius 3 is 2.62 bits per heavy atom. The molecule has 1 aliphatic rings. The lowest BCUT2D eigenvalue weighted by Gasteiger charge is -2.32. The highest BCUT2D eigenvalue weighted by Gasteiger charge is 2.24. The predicted octanol–water partition coefficient (Wildman–Crippen LogP) is 3.17. The number of pyridine rings is 1. The van der Waals surface area contributed by atoms with Crippen molar-refractivity contribution in [2.24, 2.45) is 0 Å². The molecule has 1 amide bonds. The Morgan fingerprint density at radius 1 is 1.17 bits per heavy atom. The number of aromatic nitrogens is 1. The molecule has 2 heterocycles. The van der Waals surface area contributed by atoms with Crippen molar-refractivity contribution in [2.45, 2.75) is 25.3 Å². The molecule has 0 atom stereocenters. The lowest BCUT2D eigenvalue weighted by molar-refractivity contribution is 0.0705.